The van der Waals surface area contributed by atoms with Crippen LogP contribution in [-0.2, 0) is 11.2 Å². The van der Waals surface area contributed by atoms with Crippen LogP contribution in [0.3, 0.4) is 0 Å². The SMILES string of the molecule is CC(C)(C)OC(=O)N1CC[C@@H](O)[C@@H](Nc2nc3c4c(ccc3s2)OCC4)C1. The van der Waals surface area contributed by atoms with Crippen LogP contribution < -0.4 is 10.1 Å². The highest BCUT2D eigenvalue weighted by molar-refractivity contribution is 7.22. The fourth-order valence-corrected chi connectivity index (χ4v) is 4.42. The third kappa shape index (κ3) is 3.82. The first-order chi connectivity index (χ1) is 12.8. The van der Waals surface area contributed by atoms with Crippen molar-refractivity contribution in [1.29, 1.82) is 0 Å². The van der Waals surface area contributed by atoms with Crippen molar-refractivity contribution in [3.8, 4) is 5.75 Å². The summed E-state index contributed by atoms with van der Waals surface area (Å²) in [5.74, 6) is 0.910. The second kappa shape index (κ2) is 6.83. The lowest BCUT2D eigenvalue weighted by Crippen LogP contribution is -2.53. The summed E-state index contributed by atoms with van der Waals surface area (Å²) in [6, 6.07) is 3.73. The summed E-state index contributed by atoms with van der Waals surface area (Å²) >= 11 is 1.56. The number of amides is 1. The highest BCUT2D eigenvalue weighted by Crippen LogP contribution is 2.36. The zero-order valence-corrected chi connectivity index (χ0v) is 16.6. The standard InChI is InChI=1S/C19H25N3O4S/c1-19(2,3)26-18(24)22-8-6-13(23)12(10-22)20-17-21-16-11-7-9-25-14(11)4-5-15(16)27-17/h4-5,12-13,23H,6-10H2,1-3H3,(H,20,21)/t12-,13+/m0/s1. The van der Waals surface area contributed by atoms with E-state index in [-0.39, 0.29) is 12.1 Å². The number of hydrogen-bond donors (Lipinski definition) is 2. The minimum absolute atomic E-state index is 0.281. The van der Waals surface area contributed by atoms with E-state index in [4.69, 9.17) is 14.5 Å². The number of nitrogens with zero attached hydrogens (tertiary/aromatic N) is 2. The lowest BCUT2D eigenvalue weighted by Gasteiger charge is -2.37. The van der Waals surface area contributed by atoms with Crippen LogP contribution >= 0.6 is 11.3 Å². The molecule has 2 atom stereocenters. The van der Waals surface area contributed by atoms with Gasteiger partial charge in [-0.15, -0.1) is 0 Å². The number of anilines is 1. The van der Waals surface area contributed by atoms with Gasteiger partial charge in [-0.1, -0.05) is 11.3 Å². The second-order valence-corrected chi connectivity index (χ2v) is 9.07. The highest BCUT2D eigenvalue weighted by Gasteiger charge is 2.33. The summed E-state index contributed by atoms with van der Waals surface area (Å²) in [7, 11) is 0. The van der Waals surface area contributed by atoms with E-state index >= 15 is 0 Å². The molecule has 0 aliphatic carbocycles. The Balaban J connectivity index is 1.49. The molecule has 0 radical (unpaired) electrons. The predicted molar refractivity (Wildman–Crippen MR) is 105 cm³/mol. The fourth-order valence-electron chi connectivity index (χ4n) is 3.46. The molecule has 1 aromatic heterocycles. The zero-order valence-electron chi connectivity index (χ0n) is 15.8. The van der Waals surface area contributed by atoms with Crippen molar-refractivity contribution in [3.63, 3.8) is 0 Å². The second-order valence-electron chi connectivity index (χ2n) is 8.04. The number of piperidine rings is 1. The fraction of sp³-hybridized carbons (Fsp3) is 0.579. The molecule has 1 fully saturated rings. The van der Waals surface area contributed by atoms with Gasteiger partial charge < -0.3 is 24.8 Å². The third-order valence-corrected chi connectivity index (χ3v) is 5.72. The van der Waals surface area contributed by atoms with Crippen molar-refractivity contribution in [1.82, 2.24) is 9.88 Å². The Morgan fingerprint density at radius 1 is 1.44 bits per heavy atom. The Kier molecular flexibility index (Phi) is 4.63. The van der Waals surface area contributed by atoms with E-state index in [0.29, 0.717) is 26.1 Å². The Hall–Kier alpha value is -2.06. The van der Waals surface area contributed by atoms with Crippen LogP contribution in [0.25, 0.3) is 10.2 Å². The lowest BCUT2D eigenvalue weighted by atomic mass is 10.0. The summed E-state index contributed by atoms with van der Waals surface area (Å²) in [6.07, 6.45) is 0.490. The number of thiazole rings is 1. The largest absolute Gasteiger partial charge is 0.493 e. The Labute approximate surface area is 162 Å². The molecule has 146 valence electrons. The summed E-state index contributed by atoms with van der Waals surface area (Å²) in [6.45, 7) is 7.11. The number of aliphatic hydroxyl groups is 1. The average Bonchev–Trinajstić information content (AvgIpc) is 3.20. The quantitative estimate of drug-likeness (QED) is 0.819. The first-order valence-corrected chi connectivity index (χ1v) is 10.1. The van der Waals surface area contributed by atoms with E-state index in [2.05, 4.69) is 5.32 Å². The average molecular weight is 391 g/mol. The van der Waals surface area contributed by atoms with E-state index in [0.717, 1.165) is 33.1 Å². The minimum atomic E-state index is -0.537. The number of aromatic nitrogens is 1. The summed E-state index contributed by atoms with van der Waals surface area (Å²) in [5.41, 5.74) is 1.58. The number of nitrogens with one attached hydrogen (secondary N) is 1. The van der Waals surface area contributed by atoms with Crippen molar-refractivity contribution in [2.24, 2.45) is 0 Å². The molecule has 27 heavy (non-hydrogen) atoms. The number of hydrogen-bond acceptors (Lipinski definition) is 7. The van der Waals surface area contributed by atoms with E-state index in [9.17, 15) is 9.90 Å². The van der Waals surface area contributed by atoms with Crippen LogP contribution in [-0.4, -0.2) is 58.5 Å². The van der Waals surface area contributed by atoms with E-state index < -0.39 is 11.7 Å². The molecule has 1 aromatic carbocycles. The van der Waals surface area contributed by atoms with Gasteiger partial charge in [-0.25, -0.2) is 9.78 Å². The Morgan fingerprint density at radius 2 is 2.26 bits per heavy atom. The van der Waals surface area contributed by atoms with Crippen molar-refractivity contribution in [2.45, 2.75) is 51.4 Å². The normalized spacial score (nSPS) is 22.4. The maximum absolute atomic E-state index is 12.4. The Morgan fingerprint density at radius 3 is 3.04 bits per heavy atom. The van der Waals surface area contributed by atoms with Crippen molar-refractivity contribution in [2.75, 3.05) is 25.0 Å². The highest BCUT2D eigenvalue weighted by atomic mass is 32.1. The first kappa shape index (κ1) is 18.3. The third-order valence-electron chi connectivity index (χ3n) is 4.77. The number of aliphatic hydroxyl groups excluding tert-OH is 1. The van der Waals surface area contributed by atoms with Gasteiger partial charge in [0.1, 0.15) is 11.4 Å². The zero-order chi connectivity index (χ0) is 19.2. The van der Waals surface area contributed by atoms with Crippen molar-refractivity contribution in [3.05, 3.63) is 17.7 Å². The number of benzene rings is 1. The molecule has 1 amide bonds. The van der Waals surface area contributed by atoms with Gasteiger partial charge in [-0.3, -0.25) is 0 Å². The maximum atomic E-state index is 12.4. The number of rotatable bonds is 2. The predicted octanol–water partition coefficient (Wildman–Crippen LogP) is 3.01. The molecule has 7 nitrogen and oxygen atoms in total. The molecule has 0 spiro atoms. The van der Waals surface area contributed by atoms with Crippen molar-refractivity contribution < 1.29 is 19.4 Å². The topological polar surface area (TPSA) is 83.9 Å². The molecule has 2 aliphatic rings. The summed E-state index contributed by atoms with van der Waals surface area (Å²) in [4.78, 5) is 18.7. The monoisotopic (exact) mass is 391 g/mol. The molecule has 2 aromatic rings. The minimum Gasteiger partial charge on any atom is -0.493 e. The van der Waals surface area contributed by atoms with E-state index in [1.54, 1.807) is 16.2 Å². The molecule has 1 saturated heterocycles. The van der Waals surface area contributed by atoms with E-state index in [1.165, 1.54) is 0 Å². The van der Waals surface area contributed by atoms with Gasteiger partial charge in [0.15, 0.2) is 5.13 Å². The molecular formula is C19H25N3O4S. The van der Waals surface area contributed by atoms with Gasteiger partial charge in [-0.2, -0.15) is 0 Å². The molecule has 0 unspecified atom stereocenters. The number of carbonyl (C=O) groups excluding carboxylic acids is 1. The van der Waals surface area contributed by atoms with Crippen LogP contribution in [0.1, 0.15) is 32.8 Å². The summed E-state index contributed by atoms with van der Waals surface area (Å²) in [5, 5.41) is 14.5. The number of fused-ring (bicyclic) bond motifs is 3. The van der Waals surface area contributed by atoms with Crippen molar-refractivity contribution >= 4 is 32.8 Å². The molecule has 3 heterocycles. The molecule has 4 rings (SSSR count). The molecule has 8 heteroatoms. The van der Waals surface area contributed by atoms with Crippen LogP contribution in [0.15, 0.2) is 12.1 Å². The van der Waals surface area contributed by atoms with Crippen LogP contribution in [0, 0.1) is 0 Å². The van der Waals surface area contributed by atoms with Gasteiger partial charge in [0.2, 0.25) is 0 Å². The van der Waals surface area contributed by atoms with Gasteiger partial charge in [-0.05, 0) is 39.3 Å². The molecule has 2 N–H and O–H groups in total. The van der Waals surface area contributed by atoms with Crippen LogP contribution in [0.4, 0.5) is 9.93 Å². The number of likely N-dealkylation sites (tertiary alicyclic amines) is 1. The lowest BCUT2D eigenvalue weighted by molar-refractivity contribution is 0.00695. The van der Waals surface area contributed by atoms with Gasteiger partial charge in [0.25, 0.3) is 0 Å². The van der Waals surface area contributed by atoms with Gasteiger partial charge in [0.05, 0.1) is 29.0 Å². The molecule has 0 saturated carbocycles. The first-order valence-electron chi connectivity index (χ1n) is 9.28. The number of carbonyl (C=O) groups is 1. The van der Waals surface area contributed by atoms with Crippen LogP contribution in [0.5, 0.6) is 5.75 Å². The smallest absolute Gasteiger partial charge is 0.410 e. The van der Waals surface area contributed by atoms with E-state index in [1.807, 2.05) is 32.9 Å². The van der Waals surface area contributed by atoms with Gasteiger partial charge >= 0.3 is 6.09 Å². The van der Waals surface area contributed by atoms with Crippen LogP contribution in [0.2, 0.25) is 0 Å². The number of ether oxygens (including phenoxy) is 2. The molecular weight excluding hydrogens is 366 g/mol. The Bertz CT molecular complexity index is 860. The molecule has 0 bridgehead atoms. The maximum Gasteiger partial charge on any atom is 0.410 e. The summed E-state index contributed by atoms with van der Waals surface area (Å²) < 4.78 is 12.2. The van der Waals surface area contributed by atoms with Gasteiger partial charge in [0, 0.05) is 25.1 Å². The molecule has 2 aliphatic heterocycles.